The van der Waals surface area contributed by atoms with Crippen LogP contribution in [0.4, 0.5) is 0 Å². The van der Waals surface area contributed by atoms with Crippen molar-refractivity contribution in [1.82, 2.24) is 4.90 Å². The van der Waals surface area contributed by atoms with Gasteiger partial charge in [-0.15, -0.1) is 0 Å². The molecule has 0 atom stereocenters. The summed E-state index contributed by atoms with van der Waals surface area (Å²) < 4.78 is 5.34. The molecule has 1 heterocycles. The van der Waals surface area contributed by atoms with Crippen molar-refractivity contribution < 1.29 is 4.74 Å². The molecule has 0 saturated carbocycles. The van der Waals surface area contributed by atoms with E-state index in [1.54, 1.807) is 0 Å². The molecule has 2 N–H and O–H groups in total. The molecule has 0 aromatic heterocycles. The highest BCUT2D eigenvalue weighted by Crippen LogP contribution is 2.10. The molecular formula is C15H29N3O. The van der Waals surface area contributed by atoms with Crippen molar-refractivity contribution in [3.8, 4) is 0 Å². The second-order valence-corrected chi connectivity index (χ2v) is 4.87. The van der Waals surface area contributed by atoms with Gasteiger partial charge in [-0.1, -0.05) is 39.7 Å². The van der Waals surface area contributed by atoms with E-state index in [0.29, 0.717) is 6.61 Å². The quantitative estimate of drug-likeness (QED) is 0.421. The summed E-state index contributed by atoms with van der Waals surface area (Å²) in [5, 5.41) is 15.7. The van der Waals surface area contributed by atoms with E-state index in [1.807, 2.05) is 7.05 Å². The maximum atomic E-state index is 7.95. The minimum atomic E-state index is 0. The third-order valence-electron chi connectivity index (χ3n) is 3.13. The van der Waals surface area contributed by atoms with Gasteiger partial charge in [0.05, 0.1) is 6.61 Å². The lowest BCUT2D eigenvalue weighted by atomic mass is 10.1. The smallest absolute Gasteiger partial charge is 0.232 e. The summed E-state index contributed by atoms with van der Waals surface area (Å²) in [6, 6.07) is 0. The van der Waals surface area contributed by atoms with Crippen LogP contribution in [0.1, 0.15) is 46.5 Å². The van der Waals surface area contributed by atoms with E-state index >= 15 is 0 Å². The van der Waals surface area contributed by atoms with E-state index < -0.39 is 0 Å². The Morgan fingerprint density at radius 3 is 2.68 bits per heavy atom. The van der Waals surface area contributed by atoms with Crippen molar-refractivity contribution in [1.29, 1.82) is 10.8 Å². The Kier molecular flexibility index (Phi) is 9.13. The molecule has 0 unspecified atom stereocenters. The van der Waals surface area contributed by atoms with Crippen LogP contribution in [-0.4, -0.2) is 43.3 Å². The number of unbranched alkanes of at least 4 members (excludes halogenated alkanes) is 3. The summed E-state index contributed by atoms with van der Waals surface area (Å²) in [5.74, 6) is 0.0213. The van der Waals surface area contributed by atoms with Gasteiger partial charge < -0.3 is 9.64 Å². The van der Waals surface area contributed by atoms with E-state index in [-0.39, 0.29) is 19.0 Å². The fraction of sp³-hybridized carbons (Fsp3) is 0.733. The van der Waals surface area contributed by atoms with E-state index in [9.17, 15) is 0 Å². The van der Waals surface area contributed by atoms with Gasteiger partial charge >= 0.3 is 0 Å². The number of likely N-dealkylation sites (N-methyl/N-ethyl adjacent to an activating group) is 1. The summed E-state index contributed by atoms with van der Waals surface area (Å²) in [6.07, 6.45) is 7.54. The molecule has 1 aliphatic rings. The Labute approximate surface area is 117 Å². The van der Waals surface area contributed by atoms with Gasteiger partial charge in [-0.3, -0.25) is 10.8 Å². The topological polar surface area (TPSA) is 60.2 Å². The largest absolute Gasteiger partial charge is 0.477 e. The number of nitrogens with one attached hydrogen (secondary N) is 2. The van der Waals surface area contributed by atoms with Crippen LogP contribution in [0.5, 0.6) is 0 Å². The Balaban J connectivity index is 0.00000324. The minimum Gasteiger partial charge on any atom is -0.477 e. The number of nitrogens with zero attached hydrogens (tertiary/aromatic N) is 1. The number of hydrogen-bond donors (Lipinski definition) is 2. The Hall–Kier alpha value is -1.16. The SMILES string of the molecule is C.CCCCCCOC(=N)C(=N)C1=CCCN(C)C1. The molecule has 0 saturated heterocycles. The van der Waals surface area contributed by atoms with Crippen molar-refractivity contribution in [3.63, 3.8) is 0 Å². The van der Waals surface area contributed by atoms with Gasteiger partial charge in [0.25, 0.3) is 0 Å². The summed E-state index contributed by atoms with van der Waals surface area (Å²) in [7, 11) is 2.04. The molecule has 1 aliphatic heterocycles. The van der Waals surface area contributed by atoms with E-state index in [2.05, 4.69) is 17.9 Å². The van der Waals surface area contributed by atoms with Gasteiger partial charge in [-0.05, 0) is 25.5 Å². The molecule has 0 aliphatic carbocycles. The van der Waals surface area contributed by atoms with Crippen molar-refractivity contribution in [2.45, 2.75) is 46.5 Å². The predicted octanol–water partition coefficient (Wildman–Crippen LogP) is 3.48. The molecule has 0 aromatic carbocycles. The molecule has 0 amide bonds. The molecular weight excluding hydrogens is 238 g/mol. The molecule has 0 spiro atoms. The highest BCUT2D eigenvalue weighted by Gasteiger charge is 2.16. The van der Waals surface area contributed by atoms with Crippen LogP contribution in [0.3, 0.4) is 0 Å². The van der Waals surface area contributed by atoms with Crippen LogP contribution in [0.25, 0.3) is 0 Å². The molecule has 0 fully saturated rings. The van der Waals surface area contributed by atoms with Crippen molar-refractivity contribution in [2.24, 2.45) is 0 Å². The van der Waals surface area contributed by atoms with E-state index in [0.717, 1.165) is 37.9 Å². The Bertz CT molecular complexity index is 323. The van der Waals surface area contributed by atoms with Gasteiger partial charge in [-0.2, -0.15) is 0 Å². The molecule has 4 nitrogen and oxygen atoms in total. The lowest BCUT2D eigenvalue weighted by Gasteiger charge is -2.23. The highest BCUT2D eigenvalue weighted by molar-refractivity contribution is 6.43. The van der Waals surface area contributed by atoms with Crippen LogP contribution in [0, 0.1) is 10.8 Å². The summed E-state index contributed by atoms with van der Waals surface area (Å²) in [4.78, 5) is 2.17. The van der Waals surface area contributed by atoms with Gasteiger partial charge in [-0.25, -0.2) is 0 Å². The third-order valence-corrected chi connectivity index (χ3v) is 3.13. The summed E-state index contributed by atoms with van der Waals surface area (Å²) in [5.41, 5.74) is 1.17. The van der Waals surface area contributed by atoms with Crippen LogP contribution < -0.4 is 0 Å². The number of hydrogen-bond acceptors (Lipinski definition) is 4. The second-order valence-electron chi connectivity index (χ2n) is 4.87. The van der Waals surface area contributed by atoms with E-state index in [1.165, 1.54) is 12.8 Å². The van der Waals surface area contributed by atoms with Crippen LogP contribution in [0.2, 0.25) is 0 Å². The summed E-state index contributed by atoms with van der Waals surface area (Å²) >= 11 is 0. The first-order valence-electron chi connectivity index (χ1n) is 6.83. The average Bonchev–Trinajstić information content (AvgIpc) is 2.37. The van der Waals surface area contributed by atoms with Crippen molar-refractivity contribution >= 4 is 11.6 Å². The van der Waals surface area contributed by atoms with Crippen molar-refractivity contribution in [3.05, 3.63) is 11.6 Å². The predicted molar refractivity (Wildman–Crippen MR) is 82.5 cm³/mol. The molecule has 0 aromatic rings. The maximum Gasteiger partial charge on any atom is 0.232 e. The number of ether oxygens (including phenoxy) is 1. The third kappa shape index (κ3) is 6.53. The van der Waals surface area contributed by atoms with Gasteiger partial charge in [0, 0.05) is 13.1 Å². The first-order valence-corrected chi connectivity index (χ1v) is 6.83. The van der Waals surface area contributed by atoms with Gasteiger partial charge in [0.15, 0.2) is 0 Å². The van der Waals surface area contributed by atoms with Crippen LogP contribution in [-0.2, 0) is 4.74 Å². The molecule has 19 heavy (non-hydrogen) atoms. The van der Waals surface area contributed by atoms with E-state index in [4.69, 9.17) is 15.6 Å². The van der Waals surface area contributed by atoms with Gasteiger partial charge in [0.2, 0.25) is 5.90 Å². The zero-order valence-corrected chi connectivity index (χ0v) is 11.6. The normalized spacial score (nSPS) is 15.4. The molecule has 4 heteroatoms. The van der Waals surface area contributed by atoms with Gasteiger partial charge in [0.1, 0.15) is 5.71 Å². The second kappa shape index (κ2) is 9.73. The first kappa shape index (κ1) is 17.8. The number of rotatable bonds is 7. The fourth-order valence-corrected chi connectivity index (χ4v) is 2.00. The minimum absolute atomic E-state index is 0. The first-order chi connectivity index (χ1) is 8.65. The lowest BCUT2D eigenvalue weighted by Crippen LogP contribution is -2.31. The Morgan fingerprint density at radius 2 is 2.05 bits per heavy atom. The lowest BCUT2D eigenvalue weighted by molar-refractivity contribution is 0.295. The monoisotopic (exact) mass is 267 g/mol. The maximum absolute atomic E-state index is 7.95. The molecule has 0 bridgehead atoms. The molecule has 110 valence electrons. The van der Waals surface area contributed by atoms with Crippen molar-refractivity contribution in [2.75, 3.05) is 26.7 Å². The van der Waals surface area contributed by atoms with Crippen LogP contribution in [0.15, 0.2) is 11.6 Å². The zero-order valence-electron chi connectivity index (χ0n) is 11.6. The fourth-order valence-electron chi connectivity index (χ4n) is 2.00. The average molecular weight is 267 g/mol. The standard InChI is InChI=1S/C14H25N3O.CH4/c1-3-4-5-6-10-18-14(16)13(15)12-8-7-9-17(2)11-12;/h8,15-16H,3-7,9-11H2,1-2H3;1H4. The molecule has 1 rings (SSSR count). The molecule has 0 radical (unpaired) electrons. The Morgan fingerprint density at radius 1 is 1.32 bits per heavy atom. The highest BCUT2D eigenvalue weighted by atomic mass is 16.5. The zero-order chi connectivity index (χ0) is 13.4. The summed E-state index contributed by atoms with van der Waals surface area (Å²) in [6.45, 7) is 4.51. The van der Waals surface area contributed by atoms with Crippen LogP contribution >= 0.6 is 0 Å².